The zero-order valence-electron chi connectivity index (χ0n) is 13.4. The molecule has 0 fully saturated rings. The number of carbonyl (C=O) groups is 1. The Labute approximate surface area is 132 Å². The molecule has 0 unspecified atom stereocenters. The zero-order valence-corrected chi connectivity index (χ0v) is 14.2. The van der Waals surface area contributed by atoms with Crippen LogP contribution >= 0.6 is 0 Å². The van der Waals surface area contributed by atoms with E-state index < -0.39 is 10.0 Å². The predicted octanol–water partition coefficient (Wildman–Crippen LogP) is 2.32. The van der Waals surface area contributed by atoms with Gasteiger partial charge >= 0.3 is 0 Å². The Bertz CT molecular complexity index is 655. The minimum atomic E-state index is -3.24. The van der Waals surface area contributed by atoms with Crippen molar-refractivity contribution in [1.82, 2.24) is 5.32 Å². The molecular weight excluding hydrogens is 300 g/mol. The van der Waals surface area contributed by atoms with E-state index in [9.17, 15) is 13.2 Å². The predicted molar refractivity (Wildman–Crippen MR) is 88.8 cm³/mol. The van der Waals surface area contributed by atoms with Crippen molar-refractivity contribution in [3.05, 3.63) is 29.3 Å². The van der Waals surface area contributed by atoms with Gasteiger partial charge in [-0.3, -0.25) is 9.10 Å². The summed E-state index contributed by atoms with van der Waals surface area (Å²) in [5, 5.41) is 2.97. The molecule has 2 rings (SSSR count). The molecule has 1 aromatic carbocycles. The van der Waals surface area contributed by atoms with E-state index in [0.29, 0.717) is 24.2 Å². The topological polar surface area (TPSA) is 66.5 Å². The van der Waals surface area contributed by atoms with Crippen molar-refractivity contribution in [3.8, 4) is 0 Å². The van der Waals surface area contributed by atoms with Crippen LogP contribution < -0.4 is 9.62 Å². The van der Waals surface area contributed by atoms with Crippen LogP contribution in [0.1, 0.15) is 49.5 Å². The summed E-state index contributed by atoms with van der Waals surface area (Å²) in [6, 6.07) is 5.41. The van der Waals surface area contributed by atoms with Crippen LogP contribution in [0.3, 0.4) is 0 Å². The number of amides is 1. The lowest BCUT2D eigenvalue weighted by Crippen LogP contribution is -2.32. The summed E-state index contributed by atoms with van der Waals surface area (Å²) in [7, 11) is -3.24. The van der Waals surface area contributed by atoms with Gasteiger partial charge in [0.15, 0.2) is 0 Å². The molecule has 6 heteroatoms. The summed E-state index contributed by atoms with van der Waals surface area (Å²) in [4.78, 5) is 12.2. The molecule has 0 spiro atoms. The minimum absolute atomic E-state index is 0.0865. The van der Waals surface area contributed by atoms with Crippen molar-refractivity contribution in [2.75, 3.05) is 16.6 Å². The fourth-order valence-corrected chi connectivity index (χ4v) is 3.93. The molecule has 1 N–H and O–H groups in total. The fraction of sp³-hybridized carbons (Fsp3) is 0.562. The van der Waals surface area contributed by atoms with E-state index in [1.165, 1.54) is 4.31 Å². The second kappa shape index (κ2) is 6.69. The maximum atomic E-state index is 12.2. The Morgan fingerprint density at radius 3 is 2.73 bits per heavy atom. The van der Waals surface area contributed by atoms with E-state index in [2.05, 4.69) is 12.2 Å². The van der Waals surface area contributed by atoms with E-state index in [1.807, 2.05) is 13.0 Å². The Kier molecular flexibility index (Phi) is 5.11. The highest BCUT2D eigenvalue weighted by atomic mass is 32.2. The van der Waals surface area contributed by atoms with Crippen molar-refractivity contribution >= 4 is 21.6 Å². The smallest absolute Gasteiger partial charge is 0.251 e. The van der Waals surface area contributed by atoms with Crippen molar-refractivity contribution < 1.29 is 13.2 Å². The first kappa shape index (κ1) is 16.8. The highest BCUT2D eigenvalue weighted by Gasteiger charge is 2.28. The van der Waals surface area contributed by atoms with Crippen LogP contribution in [0.2, 0.25) is 0 Å². The van der Waals surface area contributed by atoms with Gasteiger partial charge in [-0.1, -0.05) is 13.3 Å². The van der Waals surface area contributed by atoms with Crippen LogP contribution in [0.5, 0.6) is 0 Å². The van der Waals surface area contributed by atoms with Gasteiger partial charge in [0.1, 0.15) is 0 Å². The van der Waals surface area contributed by atoms with Gasteiger partial charge < -0.3 is 5.32 Å². The molecule has 1 amide bonds. The molecule has 1 aromatic rings. The Balaban J connectivity index is 2.19. The average molecular weight is 324 g/mol. The summed E-state index contributed by atoms with van der Waals surface area (Å²) in [5.74, 6) is -0.0102. The second-order valence-electron chi connectivity index (χ2n) is 5.73. The Hall–Kier alpha value is -1.56. The van der Waals surface area contributed by atoms with Gasteiger partial charge in [0.05, 0.1) is 11.4 Å². The summed E-state index contributed by atoms with van der Waals surface area (Å²) in [6.45, 7) is 6.18. The normalized spacial score (nSPS) is 15.5. The number of fused-ring (bicyclic) bond motifs is 1. The number of sulfonamides is 1. The van der Waals surface area contributed by atoms with Crippen LogP contribution in [-0.4, -0.2) is 32.7 Å². The van der Waals surface area contributed by atoms with E-state index in [4.69, 9.17) is 0 Å². The standard InChI is InChI=1S/C16H24N2O3S/c1-4-6-12(3)17-16(19)14-7-8-15-13(11-14)9-10-18(15)22(20,21)5-2/h7-8,11-12H,4-6,9-10H2,1-3H3,(H,17,19)/t12-/m1/s1. The first-order chi connectivity index (χ1) is 10.4. The largest absolute Gasteiger partial charge is 0.350 e. The number of rotatable bonds is 6. The molecule has 0 saturated carbocycles. The third-order valence-electron chi connectivity index (χ3n) is 3.99. The number of benzene rings is 1. The lowest BCUT2D eigenvalue weighted by molar-refractivity contribution is 0.0938. The number of hydrogen-bond acceptors (Lipinski definition) is 3. The van der Waals surface area contributed by atoms with E-state index in [1.54, 1.807) is 19.1 Å². The monoisotopic (exact) mass is 324 g/mol. The molecule has 1 aliphatic rings. The van der Waals surface area contributed by atoms with E-state index in [0.717, 1.165) is 18.4 Å². The number of nitrogens with zero attached hydrogens (tertiary/aromatic N) is 1. The fourth-order valence-electron chi connectivity index (χ4n) is 2.77. The van der Waals surface area contributed by atoms with Crippen LogP contribution in [0.25, 0.3) is 0 Å². The van der Waals surface area contributed by atoms with Gasteiger partial charge in [-0.15, -0.1) is 0 Å². The molecule has 0 radical (unpaired) electrons. The Morgan fingerprint density at radius 2 is 2.09 bits per heavy atom. The lowest BCUT2D eigenvalue weighted by atomic mass is 10.1. The minimum Gasteiger partial charge on any atom is -0.350 e. The quantitative estimate of drug-likeness (QED) is 0.873. The third kappa shape index (κ3) is 3.43. The highest BCUT2D eigenvalue weighted by molar-refractivity contribution is 7.92. The molecule has 122 valence electrons. The van der Waals surface area contributed by atoms with Gasteiger partial charge in [0.2, 0.25) is 10.0 Å². The number of carbonyl (C=O) groups excluding carboxylic acids is 1. The first-order valence-corrected chi connectivity index (χ1v) is 9.44. The lowest BCUT2D eigenvalue weighted by Gasteiger charge is -2.18. The number of anilines is 1. The maximum Gasteiger partial charge on any atom is 0.251 e. The van der Waals surface area contributed by atoms with Crippen LogP contribution in [0.4, 0.5) is 5.69 Å². The van der Waals surface area contributed by atoms with Gasteiger partial charge in [-0.2, -0.15) is 0 Å². The van der Waals surface area contributed by atoms with E-state index >= 15 is 0 Å². The maximum absolute atomic E-state index is 12.2. The zero-order chi connectivity index (χ0) is 16.3. The van der Waals surface area contributed by atoms with Gasteiger partial charge in [0.25, 0.3) is 5.91 Å². The highest BCUT2D eigenvalue weighted by Crippen LogP contribution is 2.31. The molecule has 0 bridgehead atoms. The SMILES string of the molecule is CCC[C@@H](C)NC(=O)c1ccc2c(c1)CCN2S(=O)(=O)CC. The second-order valence-corrected chi connectivity index (χ2v) is 7.91. The van der Waals surface area contributed by atoms with Crippen LogP contribution in [0.15, 0.2) is 18.2 Å². The van der Waals surface area contributed by atoms with E-state index in [-0.39, 0.29) is 17.7 Å². The molecule has 1 heterocycles. The summed E-state index contributed by atoms with van der Waals surface area (Å²) < 4.78 is 25.5. The molecule has 22 heavy (non-hydrogen) atoms. The van der Waals surface area contributed by atoms with Crippen molar-refractivity contribution in [1.29, 1.82) is 0 Å². The molecule has 0 aliphatic carbocycles. The van der Waals surface area contributed by atoms with Gasteiger partial charge in [-0.05, 0) is 50.5 Å². The number of nitrogens with one attached hydrogen (secondary N) is 1. The molecule has 1 aliphatic heterocycles. The summed E-state index contributed by atoms with van der Waals surface area (Å²) in [5.41, 5.74) is 2.23. The average Bonchev–Trinajstić information content (AvgIpc) is 2.91. The van der Waals surface area contributed by atoms with Crippen LogP contribution in [-0.2, 0) is 16.4 Å². The Morgan fingerprint density at radius 1 is 1.36 bits per heavy atom. The molecule has 5 nitrogen and oxygen atoms in total. The van der Waals surface area contributed by atoms with Crippen molar-refractivity contribution in [2.45, 2.75) is 46.1 Å². The molecule has 0 aromatic heterocycles. The third-order valence-corrected chi connectivity index (χ3v) is 5.77. The first-order valence-electron chi connectivity index (χ1n) is 7.83. The van der Waals surface area contributed by atoms with Gasteiger partial charge in [0, 0.05) is 18.2 Å². The van der Waals surface area contributed by atoms with Crippen LogP contribution in [0, 0.1) is 0 Å². The van der Waals surface area contributed by atoms with Gasteiger partial charge in [-0.25, -0.2) is 8.42 Å². The number of hydrogen-bond donors (Lipinski definition) is 1. The van der Waals surface area contributed by atoms with Crippen molar-refractivity contribution in [2.24, 2.45) is 0 Å². The molecular formula is C16H24N2O3S. The molecule has 0 saturated heterocycles. The molecule has 1 atom stereocenters. The summed E-state index contributed by atoms with van der Waals surface area (Å²) >= 11 is 0. The van der Waals surface area contributed by atoms with Crippen molar-refractivity contribution in [3.63, 3.8) is 0 Å². The summed E-state index contributed by atoms with van der Waals surface area (Å²) in [6.07, 6.45) is 2.62.